The summed E-state index contributed by atoms with van der Waals surface area (Å²) in [6, 6.07) is 0. The van der Waals surface area contributed by atoms with Crippen LogP contribution in [0.3, 0.4) is 0 Å². The zero-order chi connectivity index (χ0) is 23.3. The van der Waals surface area contributed by atoms with Crippen LogP contribution in [0.2, 0.25) is 0 Å². The van der Waals surface area contributed by atoms with E-state index in [0.717, 1.165) is 38.5 Å². The summed E-state index contributed by atoms with van der Waals surface area (Å²) < 4.78 is 0. The average Bonchev–Trinajstić information content (AvgIpc) is 3.10. The number of aliphatic hydroxyl groups is 2. The van der Waals surface area contributed by atoms with E-state index < -0.39 is 12.5 Å². The molecule has 10 atom stereocenters. The van der Waals surface area contributed by atoms with Crippen LogP contribution >= 0.6 is 0 Å². The summed E-state index contributed by atoms with van der Waals surface area (Å²) in [4.78, 5) is 22.6. The van der Waals surface area contributed by atoms with Gasteiger partial charge < -0.3 is 25.4 Å². The van der Waals surface area contributed by atoms with Crippen molar-refractivity contribution in [3.05, 3.63) is 0 Å². The first-order valence-electron chi connectivity index (χ1n) is 12.9. The van der Waals surface area contributed by atoms with Gasteiger partial charge in [-0.25, -0.2) is 0 Å². The van der Waals surface area contributed by atoms with Crippen LogP contribution in [0, 0.1) is 46.3 Å². The maximum Gasteiger partial charge on any atom is 1.00 e. The monoisotopic (exact) mass is 471 g/mol. The molecule has 4 saturated carbocycles. The molecule has 0 radical (unpaired) electrons. The van der Waals surface area contributed by atoms with E-state index >= 15 is 0 Å². The van der Waals surface area contributed by atoms with Crippen molar-refractivity contribution < 1.29 is 54.5 Å². The van der Waals surface area contributed by atoms with Gasteiger partial charge in [-0.3, -0.25) is 4.79 Å². The Morgan fingerprint density at radius 2 is 1.79 bits per heavy atom. The summed E-state index contributed by atoms with van der Waals surface area (Å²) in [7, 11) is 0. The van der Waals surface area contributed by atoms with Gasteiger partial charge in [-0.15, -0.1) is 0 Å². The fourth-order valence-electron chi connectivity index (χ4n) is 8.98. The molecule has 0 aromatic heterocycles. The van der Waals surface area contributed by atoms with Crippen LogP contribution < -0.4 is 40.0 Å². The van der Waals surface area contributed by atoms with Crippen molar-refractivity contribution in [1.82, 2.24) is 5.32 Å². The standard InChI is InChI=1S/C26H43NO5.Na/c1-15(4-9-23(30)27-14-24(31)32)19-7-8-20-18-6-5-16-12-17(28)10-11-25(16,2)21(18)13-22(29)26(19,20)3;/h15-22,28-29H,4-14H2,1-3H3,(H,27,30)(H,31,32);/q;+1/p-1/t15-,16?,17-,18?,19-,20?,21?,22+,25+,26-;/m1./s1. The molecule has 0 aromatic carbocycles. The Morgan fingerprint density at radius 3 is 2.48 bits per heavy atom. The molecule has 4 aliphatic rings. The smallest absolute Gasteiger partial charge is 0.548 e. The van der Waals surface area contributed by atoms with Crippen molar-refractivity contribution in [2.45, 2.75) is 97.2 Å². The van der Waals surface area contributed by atoms with Gasteiger partial charge in [0.2, 0.25) is 5.91 Å². The Kier molecular flexibility index (Phi) is 8.70. The third kappa shape index (κ3) is 4.94. The summed E-state index contributed by atoms with van der Waals surface area (Å²) in [6.45, 7) is 6.51. The molecular weight excluding hydrogens is 429 g/mol. The number of fused-ring (bicyclic) bond motifs is 5. The van der Waals surface area contributed by atoms with Crippen LogP contribution in [0.4, 0.5) is 0 Å². The van der Waals surface area contributed by atoms with Gasteiger partial charge in [0.25, 0.3) is 0 Å². The number of carbonyl (C=O) groups excluding carboxylic acids is 2. The van der Waals surface area contributed by atoms with Gasteiger partial charge in [0.15, 0.2) is 0 Å². The zero-order valence-corrected chi connectivity index (χ0v) is 23.0. The molecule has 0 saturated heterocycles. The van der Waals surface area contributed by atoms with Gasteiger partial charge >= 0.3 is 29.6 Å². The van der Waals surface area contributed by atoms with Crippen molar-refractivity contribution >= 4 is 11.9 Å². The van der Waals surface area contributed by atoms with E-state index in [1.807, 2.05) is 0 Å². The first-order valence-corrected chi connectivity index (χ1v) is 12.9. The third-order valence-electron chi connectivity index (χ3n) is 10.8. The second kappa shape index (κ2) is 10.5. The van der Waals surface area contributed by atoms with Crippen molar-refractivity contribution in [3.8, 4) is 0 Å². The Bertz CT molecular complexity index is 733. The second-order valence-electron chi connectivity index (χ2n) is 12.1. The number of hydrogen-bond donors (Lipinski definition) is 3. The van der Waals surface area contributed by atoms with E-state index in [-0.39, 0.29) is 58.5 Å². The van der Waals surface area contributed by atoms with Gasteiger partial charge in [0.05, 0.1) is 24.7 Å². The minimum absolute atomic E-state index is 0. The number of carboxylic acid groups (broad SMARTS) is 1. The number of aliphatic carboxylic acids is 1. The summed E-state index contributed by atoms with van der Waals surface area (Å²) >= 11 is 0. The summed E-state index contributed by atoms with van der Waals surface area (Å²) in [6.07, 6.45) is 9.01. The number of nitrogens with one attached hydrogen (secondary N) is 1. The van der Waals surface area contributed by atoms with E-state index in [1.165, 1.54) is 12.8 Å². The van der Waals surface area contributed by atoms with E-state index in [4.69, 9.17) is 0 Å². The second-order valence-corrected chi connectivity index (χ2v) is 12.1. The predicted octanol–water partition coefficient (Wildman–Crippen LogP) is -0.737. The van der Waals surface area contributed by atoms with Crippen LogP contribution in [0.5, 0.6) is 0 Å². The van der Waals surface area contributed by atoms with Gasteiger partial charge in [-0.2, -0.15) is 0 Å². The number of amides is 1. The minimum atomic E-state index is -1.27. The van der Waals surface area contributed by atoms with Gasteiger partial charge in [-0.1, -0.05) is 20.8 Å². The largest absolute Gasteiger partial charge is 1.00 e. The Hall–Kier alpha value is -0.140. The number of aliphatic hydroxyl groups excluding tert-OH is 2. The molecule has 0 aliphatic heterocycles. The average molecular weight is 472 g/mol. The molecule has 4 aliphatic carbocycles. The molecule has 6 nitrogen and oxygen atoms in total. The quantitative estimate of drug-likeness (QED) is 0.442. The maximum absolute atomic E-state index is 12.0. The molecule has 4 unspecified atom stereocenters. The summed E-state index contributed by atoms with van der Waals surface area (Å²) in [5.41, 5.74) is 0.130. The first-order chi connectivity index (χ1) is 15.1. The molecule has 0 spiro atoms. The fraction of sp³-hybridized carbons (Fsp3) is 0.923. The van der Waals surface area contributed by atoms with Gasteiger partial charge in [-0.05, 0) is 104 Å². The molecule has 4 fully saturated rings. The van der Waals surface area contributed by atoms with Crippen molar-refractivity contribution in [3.63, 3.8) is 0 Å². The maximum atomic E-state index is 12.0. The van der Waals surface area contributed by atoms with Crippen LogP contribution in [0.25, 0.3) is 0 Å². The van der Waals surface area contributed by atoms with E-state index in [2.05, 4.69) is 26.1 Å². The molecular formula is C26H42NNaO5. The van der Waals surface area contributed by atoms with Gasteiger partial charge in [0, 0.05) is 6.42 Å². The summed E-state index contributed by atoms with van der Waals surface area (Å²) in [5.74, 6) is 1.50. The molecule has 0 aromatic rings. The number of carbonyl (C=O) groups is 2. The first kappa shape index (κ1) is 27.4. The number of carboxylic acids is 1. The zero-order valence-electron chi connectivity index (χ0n) is 21.0. The van der Waals surface area contributed by atoms with Crippen LogP contribution in [-0.4, -0.2) is 40.8 Å². The Labute approximate surface area is 221 Å². The normalized spacial score (nSPS) is 45.1. The third-order valence-corrected chi connectivity index (χ3v) is 10.8. The summed E-state index contributed by atoms with van der Waals surface area (Å²) in [5, 5.41) is 34.8. The number of rotatable bonds is 6. The van der Waals surface area contributed by atoms with Crippen LogP contribution in [0.1, 0.15) is 85.0 Å². The molecule has 0 heterocycles. The van der Waals surface area contributed by atoms with Crippen molar-refractivity contribution in [1.29, 1.82) is 0 Å². The number of hydrogen-bond acceptors (Lipinski definition) is 5. The molecule has 33 heavy (non-hydrogen) atoms. The van der Waals surface area contributed by atoms with Crippen molar-refractivity contribution in [2.24, 2.45) is 46.3 Å². The molecule has 4 rings (SSSR count). The van der Waals surface area contributed by atoms with E-state index in [0.29, 0.717) is 48.3 Å². The minimum Gasteiger partial charge on any atom is -0.548 e. The fourth-order valence-corrected chi connectivity index (χ4v) is 8.98. The Morgan fingerprint density at radius 1 is 1.06 bits per heavy atom. The Balaban J connectivity index is 0.00000306. The molecule has 1 amide bonds. The molecule has 3 N–H and O–H groups in total. The van der Waals surface area contributed by atoms with Gasteiger partial charge in [0.1, 0.15) is 0 Å². The van der Waals surface area contributed by atoms with E-state index in [1.54, 1.807) is 0 Å². The molecule has 0 bridgehead atoms. The SMILES string of the molecule is C[C@H](CCC(=O)NCC(=O)[O-])[C@H]1CCC2C3CCC4C[C@H](O)CC[C@]4(C)C3C[C@H](O)[C@@]21C.[Na+]. The van der Waals surface area contributed by atoms with Crippen LogP contribution in [0.15, 0.2) is 0 Å². The topological polar surface area (TPSA) is 110 Å². The predicted molar refractivity (Wildman–Crippen MR) is 119 cm³/mol. The molecule has 7 heteroatoms. The van der Waals surface area contributed by atoms with Crippen LogP contribution in [-0.2, 0) is 9.59 Å². The van der Waals surface area contributed by atoms with E-state index in [9.17, 15) is 24.9 Å². The molecule has 182 valence electrons. The van der Waals surface area contributed by atoms with Crippen molar-refractivity contribution in [2.75, 3.05) is 6.54 Å².